The van der Waals surface area contributed by atoms with Gasteiger partial charge in [-0.1, -0.05) is 19.0 Å². The van der Waals surface area contributed by atoms with Crippen LogP contribution in [-0.4, -0.2) is 24.4 Å². The number of anilines is 1. The van der Waals surface area contributed by atoms with E-state index in [2.05, 4.69) is 5.32 Å². The van der Waals surface area contributed by atoms with Crippen molar-refractivity contribution in [2.24, 2.45) is 0 Å². The number of carbonyl (C=O) groups excluding carboxylic acids is 2. The summed E-state index contributed by atoms with van der Waals surface area (Å²) in [4.78, 5) is 22.3. The maximum atomic E-state index is 11.2. The van der Waals surface area contributed by atoms with Crippen LogP contribution in [-0.2, 0) is 4.74 Å². The zero-order chi connectivity index (χ0) is 12.8. The van der Waals surface area contributed by atoms with Gasteiger partial charge in [0.1, 0.15) is 6.61 Å². The van der Waals surface area contributed by atoms with Gasteiger partial charge in [-0.05, 0) is 25.1 Å². The van der Waals surface area contributed by atoms with Crippen LogP contribution in [0.25, 0.3) is 0 Å². The summed E-state index contributed by atoms with van der Waals surface area (Å²) >= 11 is 11.2. The largest absolute Gasteiger partial charge is 0.448 e. The Kier molecular flexibility index (Phi) is 7.39. The molecule has 0 saturated heterocycles. The molecular formula is C12H15Cl2NO3. The molecule has 0 aliphatic rings. The van der Waals surface area contributed by atoms with Crippen molar-refractivity contribution in [3.8, 4) is 0 Å². The van der Waals surface area contributed by atoms with Crippen LogP contribution < -0.4 is 5.32 Å². The summed E-state index contributed by atoms with van der Waals surface area (Å²) in [6, 6.07) is 4.60. The van der Waals surface area contributed by atoms with Gasteiger partial charge in [0.05, 0.1) is 10.9 Å². The monoisotopic (exact) mass is 291 g/mol. The van der Waals surface area contributed by atoms with Gasteiger partial charge in [0.2, 0.25) is 0 Å². The molecule has 0 aromatic heterocycles. The predicted octanol–water partition coefficient (Wildman–Crippen LogP) is 3.97. The lowest BCUT2D eigenvalue weighted by Crippen LogP contribution is -2.15. The van der Waals surface area contributed by atoms with E-state index < -0.39 is 6.09 Å². The van der Waals surface area contributed by atoms with Crippen molar-refractivity contribution in [1.29, 1.82) is 0 Å². The van der Waals surface area contributed by atoms with E-state index in [9.17, 15) is 9.59 Å². The van der Waals surface area contributed by atoms with Crippen molar-refractivity contribution >= 4 is 40.8 Å². The quantitative estimate of drug-likeness (QED) is 0.675. The van der Waals surface area contributed by atoms with Crippen molar-refractivity contribution in [2.45, 2.75) is 14.4 Å². The molecule has 0 aliphatic carbocycles. The zero-order valence-electron chi connectivity index (χ0n) is 9.13. The lowest BCUT2D eigenvalue weighted by Gasteiger charge is -2.07. The topological polar surface area (TPSA) is 55.4 Å². The number of ketones is 1. The number of carbonyl (C=O) groups is 2. The maximum absolute atomic E-state index is 11.2. The first kappa shape index (κ1) is 16.7. The van der Waals surface area contributed by atoms with E-state index in [4.69, 9.17) is 27.9 Å². The lowest BCUT2D eigenvalue weighted by atomic mass is 10.1. The van der Waals surface area contributed by atoms with Crippen LogP contribution in [0.2, 0.25) is 5.02 Å². The number of rotatable bonds is 4. The molecule has 18 heavy (non-hydrogen) atoms. The molecule has 1 aromatic carbocycles. The molecule has 0 heterocycles. The number of alkyl halides is 1. The molecule has 0 bridgehead atoms. The normalized spacial score (nSPS) is 9.28. The summed E-state index contributed by atoms with van der Waals surface area (Å²) in [6.45, 7) is 1.55. The first-order valence-corrected chi connectivity index (χ1v) is 5.76. The van der Waals surface area contributed by atoms with Gasteiger partial charge in [-0.15, -0.1) is 11.6 Å². The Morgan fingerprint density at radius 3 is 2.56 bits per heavy atom. The third-order valence-corrected chi connectivity index (χ3v) is 2.37. The SMILES string of the molecule is C.CC(=O)c1ccc(NC(=O)OCCCl)cc1Cl. The third-order valence-electron chi connectivity index (χ3n) is 1.91. The second-order valence-electron chi connectivity index (χ2n) is 3.20. The average Bonchev–Trinajstić information content (AvgIpc) is 2.26. The number of benzene rings is 1. The Morgan fingerprint density at radius 1 is 1.39 bits per heavy atom. The Morgan fingerprint density at radius 2 is 2.06 bits per heavy atom. The summed E-state index contributed by atoms with van der Waals surface area (Å²) in [5, 5.41) is 2.75. The molecule has 0 fully saturated rings. The highest BCUT2D eigenvalue weighted by Gasteiger charge is 2.08. The molecule has 1 aromatic rings. The minimum Gasteiger partial charge on any atom is -0.448 e. The fraction of sp³-hybridized carbons (Fsp3) is 0.333. The number of ether oxygens (including phenoxy) is 1. The van der Waals surface area contributed by atoms with Crippen LogP contribution in [0, 0.1) is 0 Å². The van der Waals surface area contributed by atoms with Crippen LogP contribution >= 0.6 is 23.2 Å². The number of amides is 1. The number of hydrogen-bond acceptors (Lipinski definition) is 3. The summed E-state index contributed by atoms with van der Waals surface area (Å²) in [7, 11) is 0. The van der Waals surface area contributed by atoms with Gasteiger partial charge in [-0.25, -0.2) is 4.79 Å². The van der Waals surface area contributed by atoms with E-state index in [1.54, 1.807) is 12.1 Å². The second-order valence-corrected chi connectivity index (χ2v) is 3.99. The highest BCUT2D eigenvalue weighted by atomic mass is 35.5. The van der Waals surface area contributed by atoms with Gasteiger partial charge >= 0.3 is 6.09 Å². The van der Waals surface area contributed by atoms with E-state index in [-0.39, 0.29) is 30.7 Å². The molecule has 0 unspecified atom stereocenters. The van der Waals surface area contributed by atoms with Crippen molar-refractivity contribution < 1.29 is 14.3 Å². The first-order valence-electron chi connectivity index (χ1n) is 4.85. The van der Waals surface area contributed by atoms with Crippen LogP contribution in [0.3, 0.4) is 0 Å². The zero-order valence-corrected chi connectivity index (χ0v) is 10.6. The summed E-state index contributed by atoms with van der Waals surface area (Å²) in [6.07, 6.45) is -0.614. The van der Waals surface area contributed by atoms with Gasteiger partial charge in [0.15, 0.2) is 5.78 Å². The molecular weight excluding hydrogens is 277 g/mol. The van der Waals surface area contributed by atoms with Crippen molar-refractivity contribution in [3.05, 3.63) is 28.8 Å². The average molecular weight is 292 g/mol. The van der Waals surface area contributed by atoms with E-state index >= 15 is 0 Å². The highest BCUT2D eigenvalue weighted by Crippen LogP contribution is 2.21. The number of halogens is 2. The molecule has 100 valence electrons. The number of hydrogen-bond donors (Lipinski definition) is 1. The molecule has 0 saturated carbocycles. The molecule has 0 atom stereocenters. The Hall–Kier alpha value is -1.26. The third kappa shape index (κ3) is 4.94. The van der Waals surface area contributed by atoms with E-state index in [1.165, 1.54) is 13.0 Å². The minimum absolute atomic E-state index is 0. The van der Waals surface area contributed by atoms with E-state index in [0.717, 1.165) is 0 Å². The number of Topliss-reactive ketones (excluding diaryl/α,β-unsaturated/α-hetero) is 1. The molecule has 0 spiro atoms. The van der Waals surface area contributed by atoms with E-state index in [0.29, 0.717) is 11.3 Å². The summed E-state index contributed by atoms with van der Waals surface area (Å²) < 4.78 is 4.72. The molecule has 1 rings (SSSR count). The van der Waals surface area contributed by atoms with Gasteiger partial charge in [0, 0.05) is 11.3 Å². The summed E-state index contributed by atoms with van der Waals surface area (Å²) in [5.74, 6) is 0.100. The van der Waals surface area contributed by atoms with Gasteiger partial charge in [-0.2, -0.15) is 0 Å². The van der Waals surface area contributed by atoms with Gasteiger partial charge in [0.25, 0.3) is 0 Å². The number of nitrogens with one attached hydrogen (secondary N) is 1. The first-order chi connectivity index (χ1) is 8.04. The Balaban J connectivity index is 0.00000289. The second kappa shape index (κ2) is 7.95. The Labute approximate surface area is 116 Å². The molecule has 4 nitrogen and oxygen atoms in total. The van der Waals surface area contributed by atoms with Crippen LogP contribution in [0.4, 0.5) is 10.5 Å². The fourth-order valence-corrected chi connectivity index (χ4v) is 1.55. The van der Waals surface area contributed by atoms with Crippen LogP contribution in [0.1, 0.15) is 24.7 Å². The van der Waals surface area contributed by atoms with Crippen molar-refractivity contribution in [3.63, 3.8) is 0 Å². The summed E-state index contributed by atoms with van der Waals surface area (Å²) in [5.41, 5.74) is 0.867. The van der Waals surface area contributed by atoms with Crippen LogP contribution in [0.5, 0.6) is 0 Å². The van der Waals surface area contributed by atoms with Gasteiger partial charge < -0.3 is 4.74 Å². The maximum Gasteiger partial charge on any atom is 0.411 e. The molecule has 1 amide bonds. The van der Waals surface area contributed by atoms with Crippen LogP contribution in [0.15, 0.2) is 18.2 Å². The van der Waals surface area contributed by atoms with Crippen molar-refractivity contribution in [1.82, 2.24) is 0 Å². The Bertz CT molecular complexity index is 435. The fourth-order valence-electron chi connectivity index (χ4n) is 1.16. The molecule has 6 heteroatoms. The van der Waals surface area contributed by atoms with Crippen molar-refractivity contribution in [2.75, 3.05) is 17.8 Å². The highest BCUT2D eigenvalue weighted by molar-refractivity contribution is 6.34. The van der Waals surface area contributed by atoms with E-state index in [1.807, 2.05) is 0 Å². The molecule has 0 radical (unpaired) electrons. The predicted molar refractivity (Wildman–Crippen MR) is 73.9 cm³/mol. The standard InChI is InChI=1S/C11H11Cl2NO3.CH4/c1-7(15)9-3-2-8(6-10(9)13)14-11(16)17-5-4-12;/h2-3,6H,4-5H2,1H3,(H,14,16);1H4. The molecule has 0 aliphatic heterocycles. The smallest absolute Gasteiger partial charge is 0.411 e. The molecule has 1 N–H and O–H groups in total. The minimum atomic E-state index is -0.614. The van der Waals surface area contributed by atoms with Gasteiger partial charge in [-0.3, -0.25) is 10.1 Å². The lowest BCUT2D eigenvalue weighted by molar-refractivity contribution is 0.101.